The first-order valence-corrected chi connectivity index (χ1v) is 10.5. The number of aryl methyl sites for hydroxylation is 2. The van der Waals surface area contributed by atoms with Crippen LogP contribution in [0.15, 0.2) is 72.8 Å². The normalized spacial score (nSPS) is 13.0. The fraction of sp³-hybridized carbons (Fsp3) is 0.269. The van der Waals surface area contributed by atoms with Crippen LogP contribution in [0.3, 0.4) is 0 Å². The van der Waals surface area contributed by atoms with Gasteiger partial charge in [0.2, 0.25) is 0 Å². The minimum atomic E-state index is -0.767. The second-order valence-electron chi connectivity index (χ2n) is 7.77. The number of anilines is 1. The van der Waals surface area contributed by atoms with E-state index in [1.807, 2.05) is 24.3 Å². The molecule has 4 nitrogen and oxygen atoms in total. The van der Waals surface area contributed by atoms with E-state index in [0.717, 1.165) is 42.8 Å². The Morgan fingerprint density at radius 1 is 0.900 bits per heavy atom. The number of ether oxygens (including phenoxy) is 1. The van der Waals surface area contributed by atoms with Gasteiger partial charge in [-0.2, -0.15) is 0 Å². The first kappa shape index (κ1) is 20.0. The molecular weight excluding hydrogens is 374 g/mol. The smallest absolute Gasteiger partial charge is 0.303 e. The van der Waals surface area contributed by atoms with Crippen molar-refractivity contribution in [2.75, 3.05) is 11.4 Å². The zero-order valence-corrected chi connectivity index (χ0v) is 17.1. The lowest BCUT2D eigenvalue weighted by molar-refractivity contribution is -0.136. The van der Waals surface area contributed by atoms with Crippen LogP contribution >= 0.6 is 0 Å². The topological polar surface area (TPSA) is 49.8 Å². The molecule has 0 radical (unpaired) electrons. The third kappa shape index (κ3) is 5.01. The molecular formula is C26H27NO3. The van der Waals surface area contributed by atoms with Gasteiger partial charge in [0.25, 0.3) is 0 Å². The number of aliphatic carboxylic acids is 1. The Balaban J connectivity index is 1.47. The van der Waals surface area contributed by atoms with Crippen LogP contribution in [-0.2, 0) is 30.8 Å². The number of hydrogen-bond donors (Lipinski definition) is 1. The number of rotatable bonds is 8. The van der Waals surface area contributed by atoms with Crippen LogP contribution in [-0.4, -0.2) is 17.6 Å². The number of carboxylic acid groups (broad SMARTS) is 1. The van der Waals surface area contributed by atoms with Crippen molar-refractivity contribution >= 4 is 11.7 Å². The number of carbonyl (C=O) groups is 1. The summed E-state index contributed by atoms with van der Waals surface area (Å²) in [5.41, 5.74) is 5.98. The molecule has 0 aromatic heterocycles. The van der Waals surface area contributed by atoms with Gasteiger partial charge in [-0.1, -0.05) is 66.7 Å². The molecule has 4 rings (SSSR count). The van der Waals surface area contributed by atoms with E-state index in [4.69, 9.17) is 9.84 Å². The molecule has 1 heterocycles. The van der Waals surface area contributed by atoms with Crippen LogP contribution in [0.1, 0.15) is 35.1 Å². The zero-order chi connectivity index (χ0) is 20.8. The molecule has 0 saturated heterocycles. The Labute approximate surface area is 177 Å². The van der Waals surface area contributed by atoms with Crippen molar-refractivity contribution in [1.82, 2.24) is 0 Å². The van der Waals surface area contributed by atoms with Gasteiger partial charge in [-0.25, -0.2) is 0 Å². The van der Waals surface area contributed by atoms with Crippen molar-refractivity contribution in [2.24, 2.45) is 0 Å². The number of hydrogen-bond acceptors (Lipinski definition) is 3. The lowest BCUT2D eigenvalue weighted by Gasteiger charge is -2.33. The number of para-hydroxylation sites is 1. The molecule has 0 saturated carbocycles. The van der Waals surface area contributed by atoms with Crippen LogP contribution in [0.2, 0.25) is 0 Å². The molecule has 0 spiro atoms. The summed E-state index contributed by atoms with van der Waals surface area (Å²) in [6.07, 6.45) is 2.94. The quantitative estimate of drug-likeness (QED) is 0.561. The third-order valence-electron chi connectivity index (χ3n) is 5.53. The molecule has 1 aliphatic rings. The lowest BCUT2D eigenvalue weighted by atomic mass is 10.00. The molecule has 0 fully saturated rings. The van der Waals surface area contributed by atoms with Gasteiger partial charge in [0.15, 0.2) is 0 Å². The molecule has 4 heteroatoms. The molecule has 0 atom stereocenters. The number of carboxylic acids is 1. The molecule has 30 heavy (non-hydrogen) atoms. The van der Waals surface area contributed by atoms with E-state index in [0.29, 0.717) is 13.0 Å². The van der Waals surface area contributed by atoms with Crippen LogP contribution in [0, 0.1) is 0 Å². The molecule has 154 valence electrons. The average molecular weight is 402 g/mol. The van der Waals surface area contributed by atoms with E-state index in [9.17, 15) is 4.79 Å². The van der Waals surface area contributed by atoms with Gasteiger partial charge >= 0.3 is 5.97 Å². The van der Waals surface area contributed by atoms with Gasteiger partial charge in [-0.05, 0) is 47.6 Å². The Morgan fingerprint density at radius 3 is 2.43 bits per heavy atom. The largest absolute Gasteiger partial charge is 0.487 e. The number of fused-ring (bicyclic) bond motifs is 1. The summed E-state index contributed by atoms with van der Waals surface area (Å²) in [4.78, 5) is 13.2. The minimum Gasteiger partial charge on any atom is -0.487 e. The summed E-state index contributed by atoms with van der Waals surface area (Å²) in [6.45, 7) is 2.40. The van der Waals surface area contributed by atoms with Crippen molar-refractivity contribution in [2.45, 2.75) is 38.8 Å². The summed E-state index contributed by atoms with van der Waals surface area (Å²) in [5, 5.41) is 8.83. The Kier molecular flexibility index (Phi) is 6.33. The van der Waals surface area contributed by atoms with Gasteiger partial charge in [0.1, 0.15) is 12.4 Å². The van der Waals surface area contributed by atoms with Crippen molar-refractivity contribution < 1.29 is 14.6 Å². The van der Waals surface area contributed by atoms with Crippen molar-refractivity contribution in [3.63, 3.8) is 0 Å². The average Bonchev–Trinajstić information content (AvgIpc) is 2.78. The molecule has 0 aliphatic carbocycles. The van der Waals surface area contributed by atoms with Gasteiger partial charge < -0.3 is 14.7 Å². The third-order valence-corrected chi connectivity index (χ3v) is 5.53. The van der Waals surface area contributed by atoms with E-state index in [1.165, 1.54) is 16.8 Å². The zero-order valence-electron chi connectivity index (χ0n) is 17.1. The maximum absolute atomic E-state index is 10.7. The monoisotopic (exact) mass is 401 g/mol. The fourth-order valence-electron chi connectivity index (χ4n) is 3.99. The van der Waals surface area contributed by atoms with E-state index in [2.05, 4.69) is 53.4 Å². The molecule has 3 aromatic carbocycles. The molecule has 0 bridgehead atoms. The van der Waals surface area contributed by atoms with E-state index in [1.54, 1.807) is 0 Å². The van der Waals surface area contributed by atoms with E-state index < -0.39 is 5.97 Å². The standard InChI is InChI=1S/C26H27NO3/c28-25(29)16-15-20-11-13-22(14-12-20)19-30-24-10-4-8-23-9-5-17-27(26(23)24)18-21-6-2-1-3-7-21/h1-4,6-8,10-14H,5,9,15-19H2,(H,28,29). The molecule has 0 unspecified atom stereocenters. The summed E-state index contributed by atoms with van der Waals surface area (Å²) in [7, 11) is 0. The van der Waals surface area contributed by atoms with Crippen LogP contribution in [0.5, 0.6) is 5.75 Å². The molecule has 3 aromatic rings. The van der Waals surface area contributed by atoms with E-state index in [-0.39, 0.29) is 6.42 Å². The molecule has 1 aliphatic heterocycles. The highest BCUT2D eigenvalue weighted by Crippen LogP contribution is 2.37. The highest BCUT2D eigenvalue weighted by Gasteiger charge is 2.21. The van der Waals surface area contributed by atoms with Crippen molar-refractivity contribution in [3.8, 4) is 5.75 Å². The van der Waals surface area contributed by atoms with Gasteiger partial charge in [-0.15, -0.1) is 0 Å². The Morgan fingerprint density at radius 2 is 1.67 bits per heavy atom. The predicted octanol–water partition coefficient (Wildman–Crippen LogP) is 5.24. The van der Waals surface area contributed by atoms with Gasteiger partial charge in [0.05, 0.1) is 5.69 Å². The molecule has 1 N–H and O–H groups in total. The second kappa shape index (κ2) is 9.49. The first-order chi connectivity index (χ1) is 14.7. The Bertz CT molecular complexity index is 983. The minimum absolute atomic E-state index is 0.156. The van der Waals surface area contributed by atoms with E-state index >= 15 is 0 Å². The van der Waals surface area contributed by atoms with Gasteiger partial charge in [-0.3, -0.25) is 4.79 Å². The fourth-order valence-corrected chi connectivity index (χ4v) is 3.99. The van der Waals surface area contributed by atoms with Crippen LogP contribution < -0.4 is 9.64 Å². The second-order valence-corrected chi connectivity index (χ2v) is 7.77. The predicted molar refractivity (Wildman–Crippen MR) is 119 cm³/mol. The SMILES string of the molecule is O=C(O)CCc1ccc(COc2cccc3c2N(Cc2ccccc2)CCC3)cc1. The van der Waals surface area contributed by atoms with Crippen LogP contribution in [0.25, 0.3) is 0 Å². The van der Waals surface area contributed by atoms with Gasteiger partial charge in [0, 0.05) is 19.5 Å². The maximum atomic E-state index is 10.7. The highest BCUT2D eigenvalue weighted by atomic mass is 16.5. The maximum Gasteiger partial charge on any atom is 0.303 e. The first-order valence-electron chi connectivity index (χ1n) is 10.5. The highest BCUT2D eigenvalue weighted by molar-refractivity contribution is 5.67. The van der Waals surface area contributed by atoms with Crippen molar-refractivity contribution in [1.29, 1.82) is 0 Å². The molecule has 0 amide bonds. The number of benzene rings is 3. The lowest BCUT2D eigenvalue weighted by Crippen LogP contribution is -2.29. The van der Waals surface area contributed by atoms with Crippen molar-refractivity contribution in [3.05, 3.63) is 95.1 Å². The summed E-state index contributed by atoms with van der Waals surface area (Å²) >= 11 is 0. The van der Waals surface area contributed by atoms with Crippen LogP contribution in [0.4, 0.5) is 5.69 Å². The Hall–Kier alpha value is -3.27. The summed E-state index contributed by atoms with van der Waals surface area (Å²) < 4.78 is 6.26. The summed E-state index contributed by atoms with van der Waals surface area (Å²) in [5.74, 6) is 0.161. The number of nitrogens with zero attached hydrogens (tertiary/aromatic N) is 1. The summed E-state index contributed by atoms with van der Waals surface area (Å²) in [6, 6.07) is 24.9.